The number of rotatable bonds is 9. The van der Waals surface area contributed by atoms with Gasteiger partial charge >= 0.3 is 0 Å². The third kappa shape index (κ3) is 5.66. The number of anilines is 1. The SMILES string of the molecule is CCN(CC)S(=O)(=O)c1ccc(OC)c(NC(=O)c2ccc(CN3CCOCC3)cc2)c1. The minimum atomic E-state index is -3.66. The normalized spacial score (nSPS) is 15.0. The molecule has 32 heavy (non-hydrogen) atoms. The number of ether oxygens (including phenoxy) is 2. The van der Waals surface area contributed by atoms with E-state index in [-0.39, 0.29) is 10.8 Å². The average molecular weight is 462 g/mol. The first kappa shape index (κ1) is 24.2. The van der Waals surface area contributed by atoms with Crippen molar-refractivity contribution in [2.45, 2.75) is 25.3 Å². The Hall–Kier alpha value is -2.46. The molecular formula is C23H31N3O5S. The molecule has 1 aliphatic heterocycles. The molecule has 0 spiro atoms. The molecule has 174 valence electrons. The summed E-state index contributed by atoms with van der Waals surface area (Å²) < 4.78 is 37.8. The Balaban J connectivity index is 1.76. The number of carbonyl (C=O) groups is 1. The van der Waals surface area contributed by atoms with Crippen molar-refractivity contribution < 1.29 is 22.7 Å². The Kier molecular flexibility index (Phi) is 8.25. The van der Waals surface area contributed by atoms with Gasteiger partial charge in [0.2, 0.25) is 10.0 Å². The van der Waals surface area contributed by atoms with E-state index in [1.807, 2.05) is 12.1 Å². The van der Waals surface area contributed by atoms with Gasteiger partial charge in [-0.3, -0.25) is 9.69 Å². The minimum Gasteiger partial charge on any atom is -0.495 e. The van der Waals surface area contributed by atoms with Crippen molar-refractivity contribution in [2.24, 2.45) is 0 Å². The summed E-state index contributed by atoms with van der Waals surface area (Å²) in [7, 11) is -2.18. The first-order chi connectivity index (χ1) is 15.4. The molecule has 0 aromatic heterocycles. The quantitative estimate of drug-likeness (QED) is 0.618. The van der Waals surface area contributed by atoms with Crippen molar-refractivity contribution in [1.82, 2.24) is 9.21 Å². The minimum absolute atomic E-state index is 0.109. The first-order valence-corrected chi connectivity index (χ1v) is 12.2. The van der Waals surface area contributed by atoms with Crippen LogP contribution in [0.25, 0.3) is 0 Å². The number of carbonyl (C=O) groups excluding carboxylic acids is 1. The van der Waals surface area contributed by atoms with Crippen LogP contribution in [0.1, 0.15) is 29.8 Å². The molecule has 1 aliphatic rings. The van der Waals surface area contributed by atoms with Crippen molar-refractivity contribution in [3.05, 3.63) is 53.6 Å². The molecule has 1 saturated heterocycles. The average Bonchev–Trinajstić information content (AvgIpc) is 2.80. The molecule has 0 saturated carbocycles. The summed E-state index contributed by atoms with van der Waals surface area (Å²) >= 11 is 0. The van der Waals surface area contributed by atoms with E-state index in [0.29, 0.717) is 30.1 Å². The van der Waals surface area contributed by atoms with Crippen LogP contribution in [-0.2, 0) is 21.3 Å². The highest BCUT2D eigenvalue weighted by atomic mass is 32.2. The van der Waals surface area contributed by atoms with Crippen LogP contribution in [0.3, 0.4) is 0 Å². The van der Waals surface area contributed by atoms with E-state index in [0.717, 1.165) is 38.4 Å². The van der Waals surface area contributed by atoms with Crippen molar-refractivity contribution in [1.29, 1.82) is 0 Å². The number of nitrogens with zero attached hydrogens (tertiary/aromatic N) is 2. The van der Waals surface area contributed by atoms with Crippen LogP contribution >= 0.6 is 0 Å². The molecule has 2 aromatic rings. The number of amides is 1. The zero-order valence-electron chi connectivity index (χ0n) is 18.8. The Morgan fingerprint density at radius 3 is 2.34 bits per heavy atom. The molecule has 0 atom stereocenters. The van der Waals surface area contributed by atoms with Crippen LogP contribution in [0.4, 0.5) is 5.69 Å². The van der Waals surface area contributed by atoms with E-state index < -0.39 is 10.0 Å². The molecule has 1 N–H and O–H groups in total. The molecular weight excluding hydrogens is 430 g/mol. The number of nitrogens with one attached hydrogen (secondary N) is 1. The fourth-order valence-corrected chi connectivity index (χ4v) is 5.12. The molecule has 1 fully saturated rings. The lowest BCUT2D eigenvalue weighted by atomic mass is 10.1. The Morgan fingerprint density at radius 1 is 1.09 bits per heavy atom. The number of hydrogen-bond acceptors (Lipinski definition) is 6. The van der Waals surface area contributed by atoms with Crippen LogP contribution < -0.4 is 10.1 Å². The fraction of sp³-hybridized carbons (Fsp3) is 0.435. The molecule has 0 unspecified atom stereocenters. The second-order valence-corrected chi connectivity index (χ2v) is 9.43. The van der Waals surface area contributed by atoms with Gasteiger partial charge in [-0.2, -0.15) is 4.31 Å². The van der Waals surface area contributed by atoms with Crippen molar-refractivity contribution in [3.63, 3.8) is 0 Å². The second kappa shape index (κ2) is 10.9. The zero-order valence-corrected chi connectivity index (χ0v) is 19.7. The summed E-state index contributed by atoms with van der Waals surface area (Å²) in [6, 6.07) is 11.9. The van der Waals surface area contributed by atoms with Gasteiger partial charge in [0.15, 0.2) is 0 Å². The van der Waals surface area contributed by atoms with Gasteiger partial charge in [0.1, 0.15) is 5.75 Å². The predicted molar refractivity (Wildman–Crippen MR) is 124 cm³/mol. The molecule has 0 bridgehead atoms. The molecule has 3 rings (SSSR count). The van der Waals surface area contributed by atoms with E-state index in [9.17, 15) is 13.2 Å². The third-order valence-corrected chi connectivity index (χ3v) is 7.53. The van der Waals surface area contributed by atoms with Gasteiger partial charge in [0.25, 0.3) is 5.91 Å². The fourth-order valence-electron chi connectivity index (χ4n) is 3.63. The number of hydrogen-bond donors (Lipinski definition) is 1. The van der Waals surface area contributed by atoms with E-state index >= 15 is 0 Å². The van der Waals surface area contributed by atoms with Crippen LogP contribution in [0.5, 0.6) is 5.75 Å². The number of benzene rings is 2. The Labute approximate surface area is 190 Å². The maximum Gasteiger partial charge on any atom is 0.255 e. The topological polar surface area (TPSA) is 88.2 Å². The number of sulfonamides is 1. The van der Waals surface area contributed by atoms with Gasteiger partial charge in [0.05, 0.1) is 30.9 Å². The summed E-state index contributed by atoms with van der Waals surface area (Å²) in [5, 5.41) is 2.79. The highest BCUT2D eigenvalue weighted by Crippen LogP contribution is 2.29. The Morgan fingerprint density at radius 2 is 1.75 bits per heavy atom. The van der Waals surface area contributed by atoms with Gasteiger partial charge in [-0.25, -0.2) is 8.42 Å². The van der Waals surface area contributed by atoms with Gasteiger partial charge in [-0.05, 0) is 35.9 Å². The predicted octanol–water partition coefficient (Wildman–Crippen LogP) is 2.81. The molecule has 2 aromatic carbocycles. The molecule has 0 aliphatic carbocycles. The molecule has 1 amide bonds. The highest BCUT2D eigenvalue weighted by molar-refractivity contribution is 7.89. The van der Waals surface area contributed by atoms with Crippen LogP contribution in [0, 0.1) is 0 Å². The lowest BCUT2D eigenvalue weighted by Crippen LogP contribution is -2.35. The Bertz CT molecular complexity index is 1010. The van der Waals surface area contributed by atoms with Crippen molar-refractivity contribution >= 4 is 21.6 Å². The lowest BCUT2D eigenvalue weighted by molar-refractivity contribution is 0.0342. The van der Waals surface area contributed by atoms with Gasteiger partial charge in [-0.15, -0.1) is 0 Å². The maximum atomic E-state index is 12.9. The zero-order chi connectivity index (χ0) is 23.1. The van der Waals surface area contributed by atoms with Crippen molar-refractivity contribution in [2.75, 3.05) is 51.8 Å². The standard InChI is InChI=1S/C23H31N3O5S/c1-4-26(5-2)32(28,29)20-10-11-22(30-3)21(16-20)24-23(27)19-8-6-18(7-9-19)17-25-12-14-31-15-13-25/h6-11,16H,4-5,12-15,17H2,1-3H3,(H,24,27). The second-order valence-electron chi connectivity index (χ2n) is 7.49. The van der Waals surface area contributed by atoms with Crippen LogP contribution in [0.2, 0.25) is 0 Å². The van der Waals surface area contributed by atoms with E-state index in [4.69, 9.17) is 9.47 Å². The molecule has 0 radical (unpaired) electrons. The number of morpholine rings is 1. The molecule has 1 heterocycles. The summed E-state index contributed by atoms with van der Waals surface area (Å²) in [5.41, 5.74) is 1.91. The monoisotopic (exact) mass is 461 g/mol. The van der Waals surface area contributed by atoms with Crippen molar-refractivity contribution in [3.8, 4) is 5.75 Å². The molecule has 9 heteroatoms. The molecule has 8 nitrogen and oxygen atoms in total. The lowest BCUT2D eigenvalue weighted by Gasteiger charge is -2.26. The maximum absolute atomic E-state index is 12.9. The van der Waals surface area contributed by atoms with E-state index in [1.54, 1.807) is 32.0 Å². The van der Waals surface area contributed by atoms with E-state index in [1.165, 1.54) is 23.5 Å². The highest BCUT2D eigenvalue weighted by Gasteiger charge is 2.23. The van der Waals surface area contributed by atoms with Gasteiger partial charge in [-0.1, -0.05) is 26.0 Å². The van der Waals surface area contributed by atoms with Crippen LogP contribution in [0.15, 0.2) is 47.4 Å². The van der Waals surface area contributed by atoms with Gasteiger partial charge in [0, 0.05) is 38.3 Å². The smallest absolute Gasteiger partial charge is 0.255 e. The van der Waals surface area contributed by atoms with E-state index in [2.05, 4.69) is 10.2 Å². The summed E-state index contributed by atoms with van der Waals surface area (Å²) in [4.78, 5) is 15.3. The summed E-state index contributed by atoms with van der Waals surface area (Å²) in [6.07, 6.45) is 0. The van der Waals surface area contributed by atoms with Gasteiger partial charge < -0.3 is 14.8 Å². The largest absolute Gasteiger partial charge is 0.495 e. The third-order valence-electron chi connectivity index (χ3n) is 5.49. The van der Waals surface area contributed by atoms with Crippen LogP contribution in [-0.4, -0.2) is 70.0 Å². The number of methoxy groups -OCH3 is 1. The summed E-state index contributed by atoms with van der Waals surface area (Å²) in [6.45, 7) is 8.39. The summed E-state index contributed by atoms with van der Waals surface area (Å²) in [5.74, 6) is 0.0550. The first-order valence-electron chi connectivity index (χ1n) is 10.8.